The summed E-state index contributed by atoms with van der Waals surface area (Å²) in [5.74, 6) is 1.06. The van der Waals surface area contributed by atoms with Crippen molar-refractivity contribution in [3.05, 3.63) is 23.2 Å². The quantitative estimate of drug-likeness (QED) is 0.729. The maximum Gasteiger partial charge on any atom is 0.321 e. The van der Waals surface area contributed by atoms with Crippen LogP contribution in [0.15, 0.2) is 17.5 Å². The highest BCUT2D eigenvalue weighted by Crippen LogP contribution is 2.45. The summed E-state index contributed by atoms with van der Waals surface area (Å²) in [6, 6.07) is -0.303. The van der Waals surface area contributed by atoms with Gasteiger partial charge in [0.15, 0.2) is 5.13 Å². The molecule has 7 heteroatoms. The van der Waals surface area contributed by atoms with Gasteiger partial charge in [0, 0.05) is 37.0 Å². The summed E-state index contributed by atoms with van der Waals surface area (Å²) in [5.41, 5.74) is 0.239. The smallest absolute Gasteiger partial charge is 0.321 e. The third-order valence-electron chi connectivity index (χ3n) is 5.42. The minimum absolute atomic E-state index is 0.169. The van der Waals surface area contributed by atoms with Crippen molar-refractivity contribution in [1.82, 2.24) is 10.3 Å². The SMILES string of the molecule is O=C(NC[C@]1(O)C[C@@H]2C=C[C@H]1C2)Nc1nc(C2CCOCC2)cs1. The van der Waals surface area contributed by atoms with Gasteiger partial charge >= 0.3 is 6.03 Å². The van der Waals surface area contributed by atoms with Crippen LogP contribution < -0.4 is 10.6 Å². The molecule has 0 aromatic carbocycles. The molecule has 2 fully saturated rings. The Kier molecular flexibility index (Phi) is 4.32. The van der Waals surface area contributed by atoms with Crippen molar-refractivity contribution in [2.24, 2.45) is 11.8 Å². The van der Waals surface area contributed by atoms with Crippen LogP contribution >= 0.6 is 11.3 Å². The van der Waals surface area contributed by atoms with Gasteiger partial charge in [0.05, 0.1) is 11.3 Å². The van der Waals surface area contributed by atoms with E-state index >= 15 is 0 Å². The Hall–Kier alpha value is -1.44. The largest absolute Gasteiger partial charge is 0.387 e. The van der Waals surface area contributed by atoms with E-state index in [-0.39, 0.29) is 18.5 Å². The number of fused-ring (bicyclic) bond motifs is 2. The summed E-state index contributed by atoms with van der Waals surface area (Å²) in [6.45, 7) is 1.84. The second-order valence-electron chi connectivity index (χ2n) is 7.07. The number of hydrogen-bond acceptors (Lipinski definition) is 5. The number of hydrogen-bond donors (Lipinski definition) is 3. The summed E-state index contributed by atoms with van der Waals surface area (Å²) in [5, 5.41) is 18.9. The van der Waals surface area contributed by atoms with Crippen LogP contribution in [0.4, 0.5) is 9.93 Å². The van der Waals surface area contributed by atoms with Crippen molar-refractivity contribution in [2.75, 3.05) is 25.1 Å². The molecule has 2 amide bonds. The zero-order valence-corrected chi connectivity index (χ0v) is 14.3. The number of amides is 2. The van der Waals surface area contributed by atoms with Gasteiger partial charge in [0.2, 0.25) is 0 Å². The fraction of sp³-hybridized carbons (Fsp3) is 0.647. The number of urea groups is 1. The van der Waals surface area contributed by atoms with Crippen molar-refractivity contribution in [2.45, 2.75) is 37.2 Å². The molecule has 3 atom stereocenters. The zero-order valence-electron chi connectivity index (χ0n) is 13.5. The molecule has 2 heterocycles. The van der Waals surface area contributed by atoms with E-state index in [2.05, 4.69) is 27.8 Å². The van der Waals surface area contributed by atoms with E-state index in [1.165, 1.54) is 11.3 Å². The first-order valence-electron chi connectivity index (χ1n) is 8.61. The number of anilines is 1. The Morgan fingerprint density at radius 2 is 2.25 bits per heavy atom. The van der Waals surface area contributed by atoms with Crippen LogP contribution in [-0.2, 0) is 4.74 Å². The topological polar surface area (TPSA) is 83.5 Å². The van der Waals surface area contributed by atoms with Gasteiger partial charge in [-0.15, -0.1) is 11.3 Å². The lowest BCUT2D eigenvalue weighted by atomic mass is 9.88. The Labute approximate surface area is 145 Å². The molecule has 1 saturated heterocycles. The predicted octanol–water partition coefficient (Wildman–Crippen LogP) is 2.49. The molecule has 2 aliphatic carbocycles. The van der Waals surface area contributed by atoms with E-state index < -0.39 is 5.60 Å². The molecule has 3 N–H and O–H groups in total. The number of carbonyl (C=O) groups excluding carboxylic acids is 1. The number of allylic oxidation sites excluding steroid dienone is 1. The molecule has 0 radical (unpaired) electrons. The lowest BCUT2D eigenvalue weighted by molar-refractivity contribution is 0.0183. The van der Waals surface area contributed by atoms with Crippen molar-refractivity contribution < 1.29 is 14.6 Å². The summed E-state index contributed by atoms with van der Waals surface area (Å²) in [6.07, 6.45) is 7.96. The van der Waals surface area contributed by atoms with E-state index in [1.807, 2.05) is 5.38 Å². The van der Waals surface area contributed by atoms with E-state index in [9.17, 15) is 9.90 Å². The van der Waals surface area contributed by atoms with Crippen molar-refractivity contribution in [3.8, 4) is 0 Å². The minimum atomic E-state index is -0.799. The average Bonchev–Trinajstić information content (AvgIpc) is 3.30. The van der Waals surface area contributed by atoms with Gasteiger partial charge in [-0.25, -0.2) is 9.78 Å². The maximum absolute atomic E-state index is 12.1. The number of nitrogens with one attached hydrogen (secondary N) is 2. The highest BCUT2D eigenvalue weighted by Gasteiger charge is 2.47. The van der Waals surface area contributed by atoms with Crippen LogP contribution in [-0.4, -0.2) is 41.5 Å². The number of ether oxygens (including phenoxy) is 1. The van der Waals surface area contributed by atoms with Gasteiger partial charge in [-0.3, -0.25) is 5.32 Å². The molecule has 130 valence electrons. The van der Waals surface area contributed by atoms with Gasteiger partial charge < -0.3 is 15.2 Å². The summed E-state index contributed by atoms with van der Waals surface area (Å²) >= 11 is 1.44. The molecule has 0 spiro atoms. The standard InChI is InChI=1S/C17H23N3O3S/c21-15(18-10-17(22)8-11-1-2-13(17)7-11)20-16-19-14(9-24-16)12-3-5-23-6-4-12/h1-2,9,11-13,22H,3-8,10H2,(H2,18,19,20,21)/t11-,13+,17-/m1/s1. The first kappa shape index (κ1) is 16.1. The summed E-state index contributed by atoms with van der Waals surface area (Å²) in [4.78, 5) is 16.6. The van der Waals surface area contributed by atoms with Gasteiger partial charge in [-0.2, -0.15) is 0 Å². The highest BCUT2D eigenvalue weighted by atomic mass is 32.1. The zero-order chi connectivity index (χ0) is 16.6. The number of nitrogens with zero attached hydrogens (tertiary/aromatic N) is 1. The van der Waals surface area contributed by atoms with Gasteiger partial charge in [-0.05, 0) is 31.6 Å². The number of thiazole rings is 1. The molecule has 6 nitrogen and oxygen atoms in total. The average molecular weight is 349 g/mol. The van der Waals surface area contributed by atoms with Crippen LogP contribution in [0.5, 0.6) is 0 Å². The van der Waals surface area contributed by atoms with E-state index in [0.29, 0.717) is 17.0 Å². The van der Waals surface area contributed by atoms with Crippen LogP contribution in [0.1, 0.15) is 37.3 Å². The fourth-order valence-corrected chi connectivity index (χ4v) is 4.82. The molecule has 3 aliphatic rings. The third-order valence-corrected chi connectivity index (χ3v) is 6.19. The van der Waals surface area contributed by atoms with Gasteiger partial charge in [-0.1, -0.05) is 12.2 Å². The highest BCUT2D eigenvalue weighted by molar-refractivity contribution is 7.13. The van der Waals surface area contributed by atoms with Crippen LogP contribution in [0.2, 0.25) is 0 Å². The summed E-state index contributed by atoms with van der Waals surface area (Å²) < 4.78 is 5.37. The predicted molar refractivity (Wildman–Crippen MR) is 92.2 cm³/mol. The van der Waals surface area contributed by atoms with Crippen LogP contribution in [0.3, 0.4) is 0 Å². The molecule has 1 aromatic rings. The Balaban J connectivity index is 1.29. The number of rotatable bonds is 4. The number of carbonyl (C=O) groups is 1. The van der Waals surface area contributed by atoms with Gasteiger partial charge in [0.1, 0.15) is 0 Å². The van der Waals surface area contributed by atoms with E-state index in [0.717, 1.165) is 44.6 Å². The first-order valence-corrected chi connectivity index (χ1v) is 9.49. The molecule has 1 aliphatic heterocycles. The van der Waals surface area contributed by atoms with Crippen molar-refractivity contribution >= 4 is 22.5 Å². The lowest BCUT2D eigenvalue weighted by Gasteiger charge is -2.29. The third kappa shape index (κ3) is 3.20. The second-order valence-corrected chi connectivity index (χ2v) is 7.92. The minimum Gasteiger partial charge on any atom is -0.387 e. The van der Waals surface area contributed by atoms with Crippen LogP contribution in [0, 0.1) is 11.8 Å². The normalized spacial score (nSPS) is 32.2. The lowest BCUT2D eigenvalue weighted by Crippen LogP contribution is -2.46. The fourth-order valence-electron chi connectivity index (χ4n) is 4.03. The number of aromatic nitrogens is 1. The number of aliphatic hydroxyl groups is 1. The first-order chi connectivity index (χ1) is 11.6. The molecular formula is C17H23N3O3S. The van der Waals surface area contributed by atoms with E-state index in [4.69, 9.17) is 4.74 Å². The van der Waals surface area contributed by atoms with Crippen molar-refractivity contribution in [1.29, 1.82) is 0 Å². The molecule has 2 bridgehead atoms. The second kappa shape index (κ2) is 6.46. The molecule has 1 aromatic heterocycles. The molecule has 0 unspecified atom stereocenters. The summed E-state index contributed by atoms with van der Waals surface area (Å²) in [7, 11) is 0. The molecule has 24 heavy (non-hydrogen) atoms. The maximum atomic E-state index is 12.1. The molecular weight excluding hydrogens is 326 g/mol. The van der Waals surface area contributed by atoms with Crippen LogP contribution in [0.25, 0.3) is 0 Å². The molecule has 4 rings (SSSR count). The Morgan fingerprint density at radius 1 is 1.42 bits per heavy atom. The van der Waals surface area contributed by atoms with E-state index in [1.54, 1.807) is 0 Å². The molecule has 1 saturated carbocycles. The Bertz CT molecular complexity index is 641. The monoisotopic (exact) mass is 349 g/mol. The van der Waals surface area contributed by atoms with Gasteiger partial charge in [0.25, 0.3) is 0 Å². The van der Waals surface area contributed by atoms with Crippen molar-refractivity contribution in [3.63, 3.8) is 0 Å². The Morgan fingerprint density at radius 3 is 2.96 bits per heavy atom.